The van der Waals surface area contributed by atoms with Crippen molar-refractivity contribution in [3.63, 3.8) is 0 Å². The lowest BCUT2D eigenvalue weighted by Gasteiger charge is -2.19. The summed E-state index contributed by atoms with van der Waals surface area (Å²) in [6, 6.07) is 8.06. The second-order valence-corrected chi connectivity index (χ2v) is 8.25. The smallest absolute Gasteiger partial charge is 0.270 e. The number of likely N-dealkylation sites (N-methyl/N-ethyl adjacent to an activating group) is 1. The van der Waals surface area contributed by atoms with Gasteiger partial charge in [0.2, 0.25) is 0 Å². The van der Waals surface area contributed by atoms with Gasteiger partial charge < -0.3 is 4.90 Å². The van der Waals surface area contributed by atoms with Crippen molar-refractivity contribution in [3.8, 4) is 0 Å². The van der Waals surface area contributed by atoms with E-state index in [1.54, 1.807) is 11.3 Å². The fraction of sp³-hybridized carbons (Fsp3) is 0.333. The summed E-state index contributed by atoms with van der Waals surface area (Å²) in [4.78, 5) is 21.6. The number of nitrogens with one attached hydrogen (secondary N) is 1. The van der Waals surface area contributed by atoms with Gasteiger partial charge in [0.25, 0.3) is 5.91 Å². The predicted octanol–water partition coefficient (Wildman–Crippen LogP) is 2.77. The van der Waals surface area contributed by atoms with Gasteiger partial charge in [-0.2, -0.15) is 0 Å². The molecule has 0 saturated carbocycles. The molecule has 3 aromatic rings. The van der Waals surface area contributed by atoms with Gasteiger partial charge in [-0.15, -0.1) is 11.3 Å². The van der Waals surface area contributed by atoms with Crippen LogP contribution in [-0.2, 0) is 0 Å². The zero-order valence-corrected chi connectivity index (χ0v) is 16.1. The summed E-state index contributed by atoms with van der Waals surface area (Å²) in [5.74, 6) is 0.0405. The molecule has 3 rings (SSSR count). The number of rotatable bonds is 5. The number of aromatic nitrogens is 1. The van der Waals surface area contributed by atoms with Crippen molar-refractivity contribution in [2.24, 2.45) is 0 Å². The Bertz CT molecular complexity index is 814. The van der Waals surface area contributed by atoms with E-state index in [9.17, 15) is 4.79 Å². The maximum Gasteiger partial charge on any atom is 0.270 e. The van der Waals surface area contributed by atoms with Gasteiger partial charge in [0.1, 0.15) is 0 Å². The highest BCUT2D eigenvalue weighted by molar-refractivity contribution is 7.22. The van der Waals surface area contributed by atoms with Gasteiger partial charge in [-0.05, 0) is 48.6 Å². The normalized spacial score (nSPS) is 11.4. The van der Waals surface area contributed by atoms with E-state index in [1.807, 2.05) is 22.4 Å². The number of benzene rings is 1. The van der Waals surface area contributed by atoms with E-state index < -0.39 is 0 Å². The fourth-order valence-electron chi connectivity index (χ4n) is 2.44. The quantitative estimate of drug-likeness (QED) is 0.760. The molecule has 0 unspecified atom stereocenters. The first-order chi connectivity index (χ1) is 11.5. The maximum atomic E-state index is 12.9. The molecule has 4 nitrogen and oxygen atoms in total. The largest absolute Gasteiger partial charge is 0.338 e. The number of thiazole rings is 1. The van der Waals surface area contributed by atoms with Crippen LogP contribution < -0.4 is 9.80 Å². The average molecular weight is 361 g/mol. The Balaban J connectivity index is 1.99. The van der Waals surface area contributed by atoms with E-state index in [1.165, 1.54) is 27.4 Å². The number of carbonyl (C=O) groups excluding carboxylic acids is 1. The number of quaternary nitrogens is 1. The van der Waals surface area contributed by atoms with Gasteiger partial charge in [0, 0.05) is 0 Å². The number of hydrogen-bond donors (Lipinski definition) is 1. The summed E-state index contributed by atoms with van der Waals surface area (Å²) < 4.78 is 1.13. The third-order valence-corrected chi connectivity index (χ3v) is 5.94. The Morgan fingerprint density at radius 1 is 1.25 bits per heavy atom. The average Bonchev–Trinajstić information content (AvgIpc) is 3.17. The van der Waals surface area contributed by atoms with Crippen LogP contribution in [0.3, 0.4) is 0 Å². The van der Waals surface area contributed by atoms with Gasteiger partial charge in [-0.3, -0.25) is 9.69 Å². The Hall–Kier alpha value is -1.76. The fourth-order valence-corrected chi connectivity index (χ4v) is 4.18. The molecular formula is C18H22N3OS2+. The van der Waals surface area contributed by atoms with Crippen LogP contribution >= 0.6 is 22.7 Å². The summed E-state index contributed by atoms with van der Waals surface area (Å²) in [6.07, 6.45) is 0. The highest BCUT2D eigenvalue weighted by Crippen LogP contribution is 2.31. The van der Waals surface area contributed by atoms with Gasteiger partial charge in [-0.25, -0.2) is 4.98 Å². The molecule has 0 aliphatic carbocycles. The number of anilines is 1. The van der Waals surface area contributed by atoms with E-state index in [0.29, 0.717) is 6.54 Å². The number of hydrogen-bond acceptors (Lipinski definition) is 4. The zero-order valence-electron chi connectivity index (χ0n) is 14.4. The lowest BCUT2D eigenvalue weighted by atomic mass is 10.1. The van der Waals surface area contributed by atoms with Crippen molar-refractivity contribution in [1.82, 2.24) is 4.98 Å². The summed E-state index contributed by atoms with van der Waals surface area (Å²) in [5, 5.41) is 2.72. The van der Waals surface area contributed by atoms with Crippen molar-refractivity contribution in [1.29, 1.82) is 0 Å². The monoisotopic (exact) mass is 360 g/mol. The van der Waals surface area contributed by atoms with Crippen molar-refractivity contribution in [2.45, 2.75) is 13.8 Å². The molecule has 1 N–H and O–H groups in total. The molecule has 6 heteroatoms. The number of thiophene rings is 1. The van der Waals surface area contributed by atoms with E-state index in [2.05, 4.69) is 40.1 Å². The molecule has 2 aromatic heterocycles. The maximum absolute atomic E-state index is 12.9. The Kier molecular flexibility index (Phi) is 4.99. The molecule has 1 aromatic carbocycles. The minimum absolute atomic E-state index is 0.0405. The minimum atomic E-state index is 0.0405. The first-order valence-electron chi connectivity index (χ1n) is 7.98. The molecule has 2 heterocycles. The minimum Gasteiger partial charge on any atom is -0.338 e. The van der Waals surface area contributed by atoms with Gasteiger partial charge in [-0.1, -0.05) is 17.4 Å². The second kappa shape index (κ2) is 7.01. The number of fused-ring (bicyclic) bond motifs is 1. The van der Waals surface area contributed by atoms with Crippen LogP contribution in [0.4, 0.5) is 5.13 Å². The predicted molar refractivity (Wildman–Crippen MR) is 103 cm³/mol. The molecule has 0 atom stereocenters. The van der Waals surface area contributed by atoms with Crippen molar-refractivity contribution < 1.29 is 9.69 Å². The van der Waals surface area contributed by atoms with Crippen molar-refractivity contribution in [2.75, 3.05) is 32.1 Å². The summed E-state index contributed by atoms with van der Waals surface area (Å²) in [7, 11) is 4.19. The summed E-state index contributed by atoms with van der Waals surface area (Å²) in [5.41, 5.74) is 3.46. The van der Waals surface area contributed by atoms with E-state index in [0.717, 1.165) is 26.8 Å². The molecule has 1 amide bonds. The third-order valence-electron chi connectivity index (χ3n) is 4.04. The van der Waals surface area contributed by atoms with Crippen LogP contribution in [0.2, 0.25) is 0 Å². The van der Waals surface area contributed by atoms with Crippen LogP contribution in [0, 0.1) is 13.8 Å². The Labute approximate surface area is 150 Å². The van der Waals surface area contributed by atoms with E-state index in [-0.39, 0.29) is 5.91 Å². The standard InChI is InChI=1S/C18H21N3OS2/c1-12-10-14-16(11-13(12)2)24-18(19-14)21(8-7-20(3)4)17(22)15-6-5-9-23-15/h5-6,9-11H,7-8H2,1-4H3/p+1. The summed E-state index contributed by atoms with van der Waals surface area (Å²) >= 11 is 3.07. The van der Waals surface area contributed by atoms with Crippen LogP contribution in [-0.4, -0.2) is 38.1 Å². The number of amides is 1. The van der Waals surface area contributed by atoms with Gasteiger partial charge in [0.05, 0.1) is 42.3 Å². The molecule has 0 aliphatic rings. The molecule has 0 bridgehead atoms. The van der Waals surface area contributed by atoms with Crippen LogP contribution in [0.1, 0.15) is 20.8 Å². The van der Waals surface area contributed by atoms with Crippen LogP contribution in [0.15, 0.2) is 29.6 Å². The van der Waals surface area contributed by atoms with Gasteiger partial charge in [0.15, 0.2) is 5.13 Å². The first kappa shape index (κ1) is 17.1. The lowest BCUT2D eigenvalue weighted by Crippen LogP contribution is -3.06. The number of carbonyl (C=O) groups is 1. The third kappa shape index (κ3) is 3.50. The molecule has 0 aliphatic heterocycles. The number of nitrogens with zero attached hydrogens (tertiary/aromatic N) is 2. The first-order valence-corrected chi connectivity index (χ1v) is 9.67. The molecule has 0 radical (unpaired) electrons. The second-order valence-electron chi connectivity index (χ2n) is 6.29. The van der Waals surface area contributed by atoms with Crippen molar-refractivity contribution in [3.05, 3.63) is 45.6 Å². The summed E-state index contributed by atoms with van der Waals surface area (Å²) in [6.45, 7) is 5.75. The van der Waals surface area contributed by atoms with Crippen LogP contribution in [0.25, 0.3) is 10.2 Å². The van der Waals surface area contributed by atoms with Crippen LogP contribution in [0.5, 0.6) is 0 Å². The highest BCUT2D eigenvalue weighted by atomic mass is 32.1. The molecule has 126 valence electrons. The van der Waals surface area contributed by atoms with E-state index in [4.69, 9.17) is 4.98 Å². The highest BCUT2D eigenvalue weighted by Gasteiger charge is 2.23. The number of aryl methyl sites for hydroxylation is 2. The Morgan fingerprint density at radius 3 is 2.67 bits per heavy atom. The van der Waals surface area contributed by atoms with Gasteiger partial charge >= 0.3 is 0 Å². The van der Waals surface area contributed by atoms with E-state index >= 15 is 0 Å². The Morgan fingerprint density at radius 2 is 2.00 bits per heavy atom. The molecule has 0 saturated heterocycles. The lowest BCUT2D eigenvalue weighted by molar-refractivity contribution is -0.856. The zero-order chi connectivity index (χ0) is 17.3. The molecular weight excluding hydrogens is 338 g/mol. The topological polar surface area (TPSA) is 37.6 Å². The van der Waals surface area contributed by atoms with Crippen molar-refractivity contribution >= 4 is 43.9 Å². The molecule has 0 spiro atoms. The SMILES string of the molecule is Cc1cc2nc(N(CC[NH+](C)C)C(=O)c3cccs3)sc2cc1C. The molecule has 24 heavy (non-hydrogen) atoms. The molecule has 0 fully saturated rings.